The summed E-state index contributed by atoms with van der Waals surface area (Å²) < 4.78 is 1.83. The number of ketones is 1. The summed E-state index contributed by atoms with van der Waals surface area (Å²) in [6.07, 6.45) is 4.94. The van der Waals surface area contributed by atoms with Crippen LogP contribution in [0.1, 0.15) is 6.92 Å². The number of nitrogens with zero attached hydrogens (tertiary/aromatic N) is 2. The molecule has 14 heavy (non-hydrogen) atoms. The van der Waals surface area contributed by atoms with Gasteiger partial charge in [-0.05, 0) is 25.1 Å². The fourth-order valence-corrected chi connectivity index (χ4v) is 1.28. The van der Waals surface area contributed by atoms with Gasteiger partial charge in [-0.15, -0.1) is 0 Å². The molecule has 0 fully saturated rings. The highest BCUT2D eigenvalue weighted by molar-refractivity contribution is 5.90. The number of imidazole rings is 1. The molecule has 0 atom stereocenters. The highest BCUT2D eigenvalue weighted by Crippen LogP contribution is 2.11. The molecule has 1 aromatic heterocycles. The molecule has 2 rings (SSSR count). The Morgan fingerprint density at radius 3 is 3.00 bits per heavy atom. The maximum absolute atomic E-state index is 10.8. The molecule has 0 bridgehead atoms. The Hall–Kier alpha value is -1.90. The van der Waals surface area contributed by atoms with Crippen molar-refractivity contribution >= 4 is 23.0 Å². The minimum absolute atomic E-state index is 0.0304. The number of hydrogen-bond donors (Lipinski definition) is 0. The third kappa shape index (κ3) is 1.57. The zero-order valence-electron chi connectivity index (χ0n) is 7.84. The van der Waals surface area contributed by atoms with Crippen molar-refractivity contribution in [1.82, 2.24) is 9.55 Å². The number of para-hydroxylation sites is 2. The monoisotopic (exact) mass is 186 g/mol. The minimum Gasteiger partial charge on any atom is -0.306 e. The van der Waals surface area contributed by atoms with E-state index < -0.39 is 0 Å². The first-order valence-electron chi connectivity index (χ1n) is 4.38. The molecule has 70 valence electrons. The zero-order chi connectivity index (χ0) is 9.97. The van der Waals surface area contributed by atoms with Crippen LogP contribution in [0.15, 0.2) is 36.7 Å². The lowest BCUT2D eigenvalue weighted by atomic mass is 10.3. The lowest BCUT2D eigenvalue weighted by Gasteiger charge is -1.93. The molecule has 1 aromatic carbocycles. The molecule has 0 aliphatic carbocycles. The van der Waals surface area contributed by atoms with Crippen LogP contribution in [0.25, 0.3) is 17.2 Å². The summed E-state index contributed by atoms with van der Waals surface area (Å²) in [7, 11) is 0. The largest absolute Gasteiger partial charge is 0.306 e. The van der Waals surface area contributed by atoms with E-state index in [1.54, 1.807) is 12.5 Å². The number of benzene rings is 1. The number of allylic oxidation sites excluding steroid dienone is 1. The maximum atomic E-state index is 10.8. The predicted molar refractivity (Wildman–Crippen MR) is 55.7 cm³/mol. The van der Waals surface area contributed by atoms with E-state index in [-0.39, 0.29) is 5.78 Å². The van der Waals surface area contributed by atoms with Gasteiger partial charge in [-0.2, -0.15) is 0 Å². The second-order valence-corrected chi connectivity index (χ2v) is 3.07. The summed E-state index contributed by atoms with van der Waals surface area (Å²) in [6.45, 7) is 1.52. The van der Waals surface area contributed by atoms with E-state index in [1.807, 2.05) is 28.8 Å². The van der Waals surface area contributed by atoms with Gasteiger partial charge in [-0.1, -0.05) is 12.1 Å². The van der Waals surface area contributed by atoms with Crippen LogP contribution in [0.5, 0.6) is 0 Å². The van der Waals surface area contributed by atoms with Gasteiger partial charge in [0.1, 0.15) is 0 Å². The molecule has 0 radical (unpaired) electrons. The quantitative estimate of drug-likeness (QED) is 0.673. The van der Waals surface area contributed by atoms with E-state index in [0.29, 0.717) is 0 Å². The molecule has 0 saturated carbocycles. The molecule has 1 heterocycles. The van der Waals surface area contributed by atoms with Crippen molar-refractivity contribution in [2.24, 2.45) is 0 Å². The number of hydrogen-bond acceptors (Lipinski definition) is 2. The van der Waals surface area contributed by atoms with Crippen LogP contribution >= 0.6 is 0 Å². The second kappa shape index (κ2) is 3.46. The standard InChI is InChI=1S/C11H10N2O/c1-9(14)6-7-13-8-12-10-4-2-3-5-11(10)13/h2-8H,1H3/b7-6+. The van der Waals surface area contributed by atoms with Gasteiger partial charge in [-0.3, -0.25) is 4.79 Å². The first-order chi connectivity index (χ1) is 6.77. The Morgan fingerprint density at radius 2 is 2.21 bits per heavy atom. The Morgan fingerprint density at radius 1 is 1.43 bits per heavy atom. The van der Waals surface area contributed by atoms with Crippen LogP contribution in [0.3, 0.4) is 0 Å². The molecular weight excluding hydrogens is 176 g/mol. The summed E-state index contributed by atoms with van der Waals surface area (Å²) >= 11 is 0. The Labute approximate surface area is 81.7 Å². The van der Waals surface area contributed by atoms with Crippen LogP contribution in [0.2, 0.25) is 0 Å². The molecule has 0 aliphatic heterocycles. The zero-order valence-corrected chi connectivity index (χ0v) is 7.84. The molecule has 0 aliphatic rings. The molecule has 0 N–H and O–H groups in total. The van der Waals surface area contributed by atoms with Crippen molar-refractivity contribution in [2.75, 3.05) is 0 Å². The van der Waals surface area contributed by atoms with Crippen molar-refractivity contribution in [3.8, 4) is 0 Å². The maximum Gasteiger partial charge on any atom is 0.154 e. The highest BCUT2D eigenvalue weighted by atomic mass is 16.1. The summed E-state index contributed by atoms with van der Waals surface area (Å²) in [5.74, 6) is 0.0304. The Bertz CT molecular complexity index is 497. The van der Waals surface area contributed by atoms with E-state index in [2.05, 4.69) is 4.98 Å². The van der Waals surface area contributed by atoms with Crippen molar-refractivity contribution in [2.45, 2.75) is 6.92 Å². The fourth-order valence-electron chi connectivity index (χ4n) is 1.28. The smallest absolute Gasteiger partial charge is 0.154 e. The van der Waals surface area contributed by atoms with E-state index in [1.165, 1.54) is 13.0 Å². The van der Waals surface area contributed by atoms with E-state index in [0.717, 1.165) is 11.0 Å². The summed E-state index contributed by atoms with van der Waals surface area (Å²) in [4.78, 5) is 15.0. The van der Waals surface area contributed by atoms with Crippen molar-refractivity contribution in [3.63, 3.8) is 0 Å². The number of fused-ring (bicyclic) bond motifs is 1. The van der Waals surface area contributed by atoms with Crippen LogP contribution in [-0.4, -0.2) is 15.3 Å². The van der Waals surface area contributed by atoms with Gasteiger partial charge >= 0.3 is 0 Å². The van der Waals surface area contributed by atoms with Gasteiger partial charge < -0.3 is 4.57 Å². The van der Waals surface area contributed by atoms with Crippen molar-refractivity contribution < 1.29 is 4.79 Å². The lowest BCUT2D eigenvalue weighted by molar-refractivity contribution is -0.112. The summed E-state index contributed by atoms with van der Waals surface area (Å²) in [6, 6.07) is 7.79. The second-order valence-electron chi connectivity index (χ2n) is 3.07. The van der Waals surface area contributed by atoms with E-state index in [9.17, 15) is 4.79 Å². The average Bonchev–Trinajstić information content (AvgIpc) is 2.58. The van der Waals surface area contributed by atoms with Crippen LogP contribution in [0.4, 0.5) is 0 Å². The van der Waals surface area contributed by atoms with Crippen LogP contribution in [-0.2, 0) is 4.79 Å². The number of carbonyl (C=O) groups is 1. The van der Waals surface area contributed by atoms with Crippen LogP contribution < -0.4 is 0 Å². The average molecular weight is 186 g/mol. The number of carbonyl (C=O) groups excluding carboxylic acids is 1. The van der Waals surface area contributed by atoms with Gasteiger partial charge in [0, 0.05) is 6.20 Å². The Balaban J connectivity index is 2.48. The minimum atomic E-state index is 0.0304. The topological polar surface area (TPSA) is 34.9 Å². The van der Waals surface area contributed by atoms with Gasteiger partial charge in [0.15, 0.2) is 5.78 Å². The molecule has 3 nitrogen and oxygen atoms in total. The first kappa shape index (κ1) is 8.69. The van der Waals surface area contributed by atoms with Gasteiger partial charge in [0.2, 0.25) is 0 Å². The van der Waals surface area contributed by atoms with E-state index >= 15 is 0 Å². The molecule has 0 saturated heterocycles. The van der Waals surface area contributed by atoms with Gasteiger partial charge in [0.05, 0.1) is 17.4 Å². The van der Waals surface area contributed by atoms with Gasteiger partial charge in [0.25, 0.3) is 0 Å². The lowest BCUT2D eigenvalue weighted by Crippen LogP contribution is -1.86. The summed E-state index contributed by atoms with van der Waals surface area (Å²) in [5, 5.41) is 0. The first-order valence-corrected chi connectivity index (χ1v) is 4.38. The fraction of sp³-hybridized carbons (Fsp3) is 0.0909. The highest BCUT2D eigenvalue weighted by Gasteiger charge is 1.97. The Kier molecular flexibility index (Phi) is 2.14. The molecule has 2 aromatic rings. The number of aromatic nitrogens is 2. The normalized spacial score (nSPS) is 11.2. The van der Waals surface area contributed by atoms with Crippen molar-refractivity contribution in [3.05, 3.63) is 36.7 Å². The van der Waals surface area contributed by atoms with Crippen LogP contribution in [0, 0.1) is 0 Å². The van der Waals surface area contributed by atoms with E-state index in [4.69, 9.17) is 0 Å². The third-order valence-electron chi connectivity index (χ3n) is 1.95. The molecule has 0 amide bonds. The SMILES string of the molecule is CC(=O)/C=C/n1cnc2ccccc21. The molecule has 3 heteroatoms. The van der Waals surface area contributed by atoms with Gasteiger partial charge in [-0.25, -0.2) is 4.98 Å². The van der Waals surface area contributed by atoms with Crippen molar-refractivity contribution in [1.29, 1.82) is 0 Å². The molecule has 0 unspecified atom stereocenters. The molecular formula is C11H10N2O. The summed E-state index contributed by atoms with van der Waals surface area (Å²) in [5.41, 5.74) is 1.94. The predicted octanol–water partition coefficient (Wildman–Crippen LogP) is 2.10. The molecule has 0 spiro atoms. The third-order valence-corrected chi connectivity index (χ3v) is 1.95. The number of rotatable bonds is 2.